The van der Waals surface area contributed by atoms with Gasteiger partial charge in [0.2, 0.25) is 5.91 Å². The van der Waals surface area contributed by atoms with Crippen molar-refractivity contribution < 1.29 is 4.79 Å². The number of allylic oxidation sites excluding steroid dienone is 2. The van der Waals surface area contributed by atoms with Gasteiger partial charge in [-0.3, -0.25) is 4.79 Å². The van der Waals surface area contributed by atoms with Crippen molar-refractivity contribution in [2.24, 2.45) is 17.3 Å². The third-order valence-corrected chi connectivity index (χ3v) is 5.15. The first-order valence-electron chi connectivity index (χ1n) is 8.21. The number of carbonyl (C=O) groups is 1. The number of hydrogen-bond donors (Lipinski definition) is 0. The molecule has 1 aliphatic carbocycles. The summed E-state index contributed by atoms with van der Waals surface area (Å²) >= 11 is 0. The predicted molar refractivity (Wildman–Crippen MR) is 85.0 cm³/mol. The summed E-state index contributed by atoms with van der Waals surface area (Å²) in [5.74, 6) is 2.71. The maximum absolute atomic E-state index is 12.9. The van der Waals surface area contributed by atoms with Crippen molar-refractivity contribution in [1.82, 2.24) is 19.7 Å². The lowest BCUT2D eigenvalue weighted by molar-refractivity contribution is -0.135. The Hall–Kier alpha value is -1.65. The molecule has 2 atom stereocenters. The van der Waals surface area contributed by atoms with Crippen molar-refractivity contribution in [1.29, 1.82) is 0 Å². The normalized spacial score (nSPS) is 25.6. The lowest BCUT2D eigenvalue weighted by atomic mass is 10.1. The Morgan fingerprint density at radius 3 is 2.68 bits per heavy atom. The fourth-order valence-corrected chi connectivity index (χ4v) is 3.68. The lowest BCUT2D eigenvalue weighted by Gasteiger charge is -2.28. The number of aryl methyl sites for hydroxylation is 1. The van der Waals surface area contributed by atoms with Gasteiger partial charge < -0.3 is 9.47 Å². The molecule has 22 heavy (non-hydrogen) atoms. The fraction of sp³-hybridized carbons (Fsp3) is 0.706. The van der Waals surface area contributed by atoms with Crippen LogP contribution < -0.4 is 0 Å². The maximum atomic E-state index is 12.9. The first-order valence-corrected chi connectivity index (χ1v) is 8.21. The Morgan fingerprint density at radius 2 is 2.05 bits per heavy atom. The summed E-state index contributed by atoms with van der Waals surface area (Å²) in [5, 5.41) is 8.47. The van der Waals surface area contributed by atoms with Crippen LogP contribution in [0.1, 0.15) is 46.3 Å². The smallest absolute Gasteiger partial charge is 0.227 e. The van der Waals surface area contributed by atoms with E-state index in [1.54, 1.807) is 0 Å². The van der Waals surface area contributed by atoms with Gasteiger partial charge in [-0.25, -0.2) is 0 Å². The van der Waals surface area contributed by atoms with Crippen LogP contribution in [0.2, 0.25) is 0 Å². The van der Waals surface area contributed by atoms with Gasteiger partial charge in [-0.05, 0) is 25.2 Å². The molecule has 0 unspecified atom stereocenters. The molecular formula is C17H26N4O. The number of amides is 1. The maximum Gasteiger partial charge on any atom is 0.227 e. The summed E-state index contributed by atoms with van der Waals surface area (Å²) in [6, 6.07) is 0. The van der Waals surface area contributed by atoms with E-state index in [0.29, 0.717) is 12.5 Å². The minimum Gasteiger partial charge on any atom is -0.333 e. The average molecular weight is 302 g/mol. The first kappa shape index (κ1) is 15.3. The van der Waals surface area contributed by atoms with Gasteiger partial charge in [0.05, 0.1) is 12.5 Å². The number of fused-ring (bicyclic) bond motifs is 1. The highest BCUT2D eigenvalue weighted by Crippen LogP contribution is 2.60. The summed E-state index contributed by atoms with van der Waals surface area (Å²) in [6.07, 6.45) is 3.14. The van der Waals surface area contributed by atoms with E-state index in [1.165, 1.54) is 5.57 Å². The molecule has 1 aromatic rings. The van der Waals surface area contributed by atoms with E-state index in [0.717, 1.165) is 31.2 Å². The van der Waals surface area contributed by atoms with Crippen molar-refractivity contribution in [2.75, 3.05) is 6.54 Å². The van der Waals surface area contributed by atoms with Gasteiger partial charge in [0.25, 0.3) is 0 Å². The standard InChI is InChI=1S/C17H26N4O/c1-6-13-18-19-14-10-20(7-8-21(13)14)16(22)15-12(9-11(2)3)17(15,4)5/h9,12,15H,6-8,10H2,1-5H3/t12-,15+/m1/s1. The lowest BCUT2D eigenvalue weighted by Crippen LogP contribution is -2.40. The SMILES string of the molecule is CCc1nnc2n1CCN(C(=O)[C@@H]1[C@@H](C=C(C)C)C1(C)C)C2. The summed E-state index contributed by atoms with van der Waals surface area (Å²) in [4.78, 5) is 14.9. The summed E-state index contributed by atoms with van der Waals surface area (Å²) in [6.45, 7) is 12.9. The van der Waals surface area contributed by atoms with Crippen molar-refractivity contribution in [3.8, 4) is 0 Å². The molecule has 5 heteroatoms. The molecule has 0 N–H and O–H groups in total. The molecular weight excluding hydrogens is 276 g/mol. The Kier molecular flexibility index (Phi) is 3.62. The highest BCUT2D eigenvalue weighted by molar-refractivity contribution is 5.83. The third-order valence-electron chi connectivity index (χ3n) is 5.15. The van der Waals surface area contributed by atoms with E-state index in [9.17, 15) is 4.79 Å². The van der Waals surface area contributed by atoms with Crippen LogP contribution >= 0.6 is 0 Å². The zero-order chi connectivity index (χ0) is 16.1. The topological polar surface area (TPSA) is 51.0 Å². The molecule has 5 nitrogen and oxygen atoms in total. The second kappa shape index (κ2) is 5.21. The Labute approximate surface area is 132 Å². The number of nitrogens with zero attached hydrogens (tertiary/aromatic N) is 4. The van der Waals surface area contributed by atoms with Crippen LogP contribution in [-0.4, -0.2) is 32.1 Å². The first-order chi connectivity index (χ1) is 10.4. The Morgan fingerprint density at radius 1 is 1.32 bits per heavy atom. The van der Waals surface area contributed by atoms with E-state index in [2.05, 4.69) is 55.5 Å². The molecule has 0 radical (unpaired) electrons. The minimum absolute atomic E-state index is 0.0774. The number of hydrogen-bond acceptors (Lipinski definition) is 3. The second-order valence-electron chi connectivity index (χ2n) is 7.37. The van der Waals surface area contributed by atoms with Crippen LogP contribution in [0.4, 0.5) is 0 Å². The van der Waals surface area contributed by atoms with Gasteiger partial charge in [-0.1, -0.05) is 32.4 Å². The molecule has 1 aromatic heterocycles. The largest absolute Gasteiger partial charge is 0.333 e. The van der Waals surface area contributed by atoms with Crippen LogP contribution in [0.15, 0.2) is 11.6 Å². The van der Waals surface area contributed by atoms with Gasteiger partial charge in [0.15, 0.2) is 5.82 Å². The number of aromatic nitrogens is 3. The molecule has 3 rings (SSSR count). The van der Waals surface area contributed by atoms with Crippen LogP contribution in [0.25, 0.3) is 0 Å². The fourth-order valence-electron chi connectivity index (χ4n) is 3.68. The van der Waals surface area contributed by atoms with Crippen LogP contribution in [0.5, 0.6) is 0 Å². The van der Waals surface area contributed by atoms with Crippen molar-refractivity contribution in [3.05, 3.63) is 23.3 Å². The zero-order valence-corrected chi connectivity index (χ0v) is 14.3. The van der Waals surface area contributed by atoms with E-state index >= 15 is 0 Å². The molecule has 0 bridgehead atoms. The zero-order valence-electron chi connectivity index (χ0n) is 14.3. The van der Waals surface area contributed by atoms with Crippen molar-refractivity contribution in [2.45, 2.75) is 54.1 Å². The quantitative estimate of drug-likeness (QED) is 0.806. The highest BCUT2D eigenvalue weighted by Gasteiger charge is 2.61. The van der Waals surface area contributed by atoms with Crippen LogP contribution in [0, 0.1) is 17.3 Å². The molecule has 1 saturated carbocycles. The molecule has 0 aromatic carbocycles. The van der Waals surface area contributed by atoms with Gasteiger partial charge >= 0.3 is 0 Å². The molecule has 1 aliphatic heterocycles. The van der Waals surface area contributed by atoms with E-state index < -0.39 is 0 Å². The number of carbonyl (C=O) groups excluding carboxylic acids is 1. The molecule has 2 aliphatic rings. The number of rotatable bonds is 3. The third kappa shape index (κ3) is 2.36. The molecule has 2 heterocycles. The molecule has 1 fully saturated rings. The van der Waals surface area contributed by atoms with E-state index in [-0.39, 0.29) is 17.2 Å². The summed E-state index contributed by atoms with van der Waals surface area (Å²) in [7, 11) is 0. The van der Waals surface area contributed by atoms with E-state index in [1.807, 2.05) is 4.90 Å². The van der Waals surface area contributed by atoms with Crippen LogP contribution in [-0.2, 0) is 24.3 Å². The second-order valence-corrected chi connectivity index (χ2v) is 7.37. The Bertz CT molecular complexity index is 625. The van der Waals surface area contributed by atoms with Crippen LogP contribution in [0.3, 0.4) is 0 Å². The van der Waals surface area contributed by atoms with Gasteiger partial charge in [0.1, 0.15) is 5.82 Å². The molecule has 120 valence electrons. The average Bonchev–Trinajstić information content (AvgIpc) is 2.84. The van der Waals surface area contributed by atoms with Gasteiger partial charge in [0, 0.05) is 19.5 Å². The predicted octanol–water partition coefficient (Wildman–Crippen LogP) is 2.42. The highest BCUT2D eigenvalue weighted by atomic mass is 16.2. The van der Waals surface area contributed by atoms with Gasteiger partial charge in [-0.2, -0.15) is 0 Å². The van der Waals surface area contributed by atoms with Crippen molar-refractivity contribution >= 4 is 5.91 Å². The summed E-state index contributed by atoms with van der Waals surface area (Å²) < 4.78 is 2.16. The summed E-state index contributed by atoms with van der Waals surface area (Å²) in [5.41, 5.74) is 1.37. The minimum atomic E-state index is 0.0774. The van der Waals surface area contributed by atoms with Crippen molar-refractivity contribution in [3.63, 3.8) is 0 Å². The molecule has 1 amide bonds. The molecule has 0 saturated heterocycles. The molecule has 0 spiro atoms. The van der Waals surface area contributed by atoms with E-state index in [4.69, 9.17) is 0 Å². The Balaban J connectivity index is 1.74. The van der Waals surface area contributed by atoms with Gasteiger partial charge in [-0.15, -0.1) is 10.2 Å². The monoisotopic (exact) mass is 302 g/mol.